The Bertz CT molecular complexity index is 252. The van der Waals surface area contributed by atoms with Crippen LogP contribution in [0.2, 0.25) is 0 Å². The van der Waals surface area contributed by atoms with Gasteiger partial charge in [-0.1, -0.05) is 0 Å². The molecule has 0 rings (SSSR count). The molecule has 0 aliphatic heterocycles. The molecule has 0 radical (unpaired) electrons. The molecule has 5 nitrogen and oxygen atoms in total. The summed E-state index contributed by atoms with van der Waals surface area (Å²) in [4.78, 5) is 22.8. The van der Waals surface area contributed by atoms with Crippen LogP contribution in [0.5, 0.6) is 0 Å². The van der Waals surface area contributed by atoms with Crippen LogP contribution >= 0.6 is 0 Å². The Balaban J connectivity index is 3.55. The third-order valence-corrected chi connectivity index (χ3v) is 3.21. The molecule has 1 amide bonds. The van der Waals surface area contributed by atoms with E-state index in [0.717, 1.165) is 0 Å². The Labute approximate surface area is 91.9 Å². The molecular formula is C9H17NO4S. The SMILES string of the molecule is CN(C)C(=O)CCCS(=O)CCC(=O)O. The van der Waals surface area contributed by atoms with Crippen molar-refractivity contribution in [3.05, 3.63) is 0 Å². The highest BCUT2D eigenvalue weighted by Gasteiger charge is 2.07. The second-order valence-electron chi connectivity index (χ2n) is 3.38. The van der Waals surface area contributed by atoms with Crippen molar-refractivity contribution in [2.24, 2.45) is 0 Å². The van der Waals surface area contributed by atoms with Crippen molar-refractivity contribution < 1.29 is 18.9 Å². The first-order chi connectivity index (χ1) is 6.93. The number of rotatable bonds is 7. The van der Waals surface area contributed by atoms with Crippen molar-refractivity contribution in [1.29, 1.82) is 0 Å². The lowest BCUT2D eigenvalue weighted by Crippen LogP contribution is -2.21. The van der Waals surface area contributed by atoms with E-state index in [4.69, 9.17) is 5.11 Å². The van der Waals surface area contributed by atoms with E-state index in [1.165, 1.54) is 4.90 Å². The van der Waals surface area contributed by atoms with Crippen LogP contribution in [0.15, 0.2) is 0 Å². The van der Waals surface area contributed by atoms with Gasteiger partial charge in [0, 0.05) is 42.8 Å². The minimum absolute atomic E-state index is 0.00485. The predicted octanol–water partition coefficient (Wildman–Crippen LogP) is 0.0782. The van der Waals surface area contributed by atoms with E-state index in [1.807, 2.05) is 0 Å². The van der Waals surface area contributed by atoms with Crippen molar-refractivity contribution in [2.75, 3.05) is 25.6 Å². The molecule has 0 saturated heterocycles. The second kappa shape index (κ2) is 7.39. The number of nitrogens with zero attached hydrogens (tertiary/aromatic N) is 1. The summed E-state index contributed by atoms with van der Waals surface area (Å²) in [5.74, 6) is -0.365. The highest BCUT2D eigenvalue weighted by atomic mass is 32.2. The summed E-state index contributed by atoms with van der Waals surface area (Å²) in [5, 5.41) is 8.35. The molecule has 0 aromatic carbocycles. The maximum absolute atomic E-state index is 11.2. The minimum Gasteiger partial charge on any atom is -0.481 e. The van der Waals surface area contributed by atoms with Crippen LogP contribution < -0.4 is 0 Å². The van der Waals surface area contributed by atoms with Gasteiger partial charge < -0.3 is 10.0 Å². The molecular weight excluding hydrogens is 218 g/mol. The summed E-state index contributed by atoms with van der Waals surface area (Å²) in [5.41, 5.74) is 0. The van der Waals surface area contributed by atoms with E-state index >= 15 is 0 Å². The van der Waals surface area contributed by atoms with Crippen LogP contribution in [0.25, 0.3) is 0 Å². The van der Waals surface area contributed by atoms with Crippen LogP contribution in [-0.4, -0.2) is 51.7 Å². The number of hydrogen-bond donors (Lipinski definition) is 1. The first kappa shape index (κ1) is 14.1. The fourth-order valence-corrected chi connectivity index (χ4v) is 1.98. The summed E-state index contributed by atoms with van der Waals surface area (Å²) < 4.78 is 11.2. The standard InChI is InChI=1S/C9H17NO4S/c1-10(2)8(11)4-3-6-15(14)7-5-9(12)13/h3-7H2,1-2H3,(H,12,13). The summed E-state index contributed by atoms with van der Waals surface area (Å²) in [6, 6.07) is 0. The number of carboxylic acids is 1. The van der Waals surface area contributed by atoms with Crippen LogP contribution in [0.1, 0.15) is 19.3 Å². The number of amides is 1. The van der Waals surface area contributed by atoms with Gasteiger partial charge in [0.05, 0.1) is 6.42 Å². The van der Waals surface area contributed by atoms with E-state index in [1.54, 1.807) is 14.1 Å². The number of carbonyl (C=O) groups excluding carboxylic acids is 1. The summed E-state index contributed by atoms with van der Waals surface area (Å²) in [6.45, 7) is 0. The number of hydrogen-bond acceptors (Lipinski definition) is 3. The summed E-state index contributed by atoms with van der Waals surface area (Å²) >= 11 is 0. The maximum Gasteiger partial charge on any atom is 0.304 e. The predicted molar refractivity (Wildman–Crippen MR) is 58.1 cm³/mol. The molecule has 0 aromatic heterocycles. The van der Waals surface area contributed by atoms with Gasteiger partial charge in [0.1, 0.15) is 0 Å². The Morgan fingerprint density at radius 2 is 1.80 bits per heavy atom. The Morgan fingerprint density at radius 1 is 1.20 bits per heavy atom. The topological polar surface area (TPSA) is 74.7 Å². The molecule has 0 spiro atoms. The lowest BCUT2D eigenvalue weighted by molar-refractivity contribution is -0.136. The van der Waals surface area contributed by atoms with Gasteiger partial charge in [0.25, 0.3) is 0 Å². The van der Waals surface area contributed by atoms with Gasteiger partial charge in [-0.2, -0.15) is 0 Å². The average Bonchev–Trinajstić information content (AvgIpc) is 2.14. The van der Waals surface area contributed by atoms with Gasteiger partial charge in [0.2, 0.25) is 5.91 Å². The van der Waals surface area contributed by atoms with Crippen molar-refractivity contribution in [1.82, 2.24) is 4.90 Å². The molecule has 0 aromatic rings. The zero-order valence-corrected chi connectivity index (χ0v) is 9.88. The smallest absolute Gasteiger partial charge is 0.304 e. The Morgan fingerprint density at radius 3 is 2.27 bits per heavy atom. The molecule has 15 heavy (non-hydrogen) atoms. The molecule has 0 bridgehead atoms. The molecule has 1 N–H and O–H groups in total. The van der Waals surface area contributed by atoms with Crippen LogP contribution in [-0.2, 0) is 20.4 Å². The lowest BCUT2D eigenvalue weighted by atomic mass is 10.3. The lowest BCUT2D eigenvalue weighted by Gasteiger charge is -2.09. The highest BCUT2D eigenvalue weighted by Crippen LogP contribution is 1.97. The first-order valence-electron chi connectivity index (χ1n) is 4.70. The zero-order chi connectivity index (χ0) is 11.8. The fourth-order valence-electron chi connectivity index (χ4n) is 0.911. The molecule has 0 aliphatic rings. The maximum atomic E-state index is 11.2. The van der Waals surface area contributed by atoms with Crippen LogP contribution in [0.3, 0.4) is 0 Å². The normalized spacial score (nSPS) is 12.1. The minimum atomic E-state index is -1.12. The van der Waals surface area contributed by atoms with Crippen molar-refractivity contribution in [3.63, 3.8) is 0 Å². The monoisotopic (exact) mass is 235 g/mol. The van der Waals surface area contributed by atoms with Crippen molar-refractivity contribution >= 4 is 22.7 Å². The van der Waals surface area contributed by atoms with Gasteiger partial charge in [0.15, 0.2) is 0 Å². The third-order valence-electron chi connectivity index (χ3n) is 1.81. The molecule has 6 heteroatoms. The zero-order valence-electron chi connectivity index (χ0n) is 9.06. The molecule has 88 valence electrons. The third kappa shape index (κ3) is 8.11. The van der Waals surface area contributed by atoms with E-state index < -0.39 is 16.8 Å². The summed E-state index contributed by atoms with van der Waals surface area (Å²) in [7, 11) is 2.22. The number of aliphatic carboxylic acids is 1. The number of carboxylic acid groups (broad SMARTS) is 1. The Kier molecular flexibility index (Phi) is 6.94. The molecule has 0 fully saturated rings. The van der Waals surface area contributed by atoms with Crippen molar-refractivity contribution in [2.45, 2.75) is 19.3 Å². The second-order valence-corrected chi connectivity index (χ2v) is 5.08. The van der Waals surface area contributed by atoms with Crippen molar-refractivity contribution in [3.8, 4) is 0 Å². The van der Waals surface area contributed by atoms with Crippen LogP contribution in [0, 0.1) is 0 Å². The van der Waals surface area contributed by atoms with Crippen LogP contribution in [0.4, 0.5) is 0 Å². The van der Waals surface area contributed by atoms with E-state index in [2.05, 4.69) is 0 Å². The van der Waals surface area contributed by atoms with Gasteiger partial charge in [-0.25, -0.2) is 0 Å². The summed E-state index contributed by atoms with van der Waals surface area (Å²) in [6.07, 6.45) is 0.837. The first-order valence-corrected chi connectivity index (χ1v) is 6.19. The fraction of sp³-hybridized carbons (Fsp3) is 0.778. The molecule has 1 unspecified atom stereocenters. The highest BCUT2D eigenvalue weighted by molar-refractivity contribution is 7.84. The molecule has 0 aliphatic carbocycles. The van der Waals surface area contributed by atoms with E-state index in [9.17, 15) is 13.8 Å². The molecule has 1 atom stereocenters. The Hall–Kier alpha value is -0.910. The quantitative estimate of drug-likeness (QED) is 0.678. The van der Waals surface area contributed by atoms with Gasteiger partial charge in [-0.15, -0.1) is 0 Å². The molecule has 0 saturated carbocycles. The van der Waals surface area contributed by atoms with Gasteiger partial charge in [-0.3, -0.25) is 13.8 Å². The van der Waals surface area contributed by atoms with Gasteiger partial charge in [-0.05, 0) is 6.42 Å². The van der Waals surface area contributed by atoms with E-state index in [0.29, 0.717) is 18.6 Å². The largest absolute Gasteiger partial charge is 0.481 e. The van der Waals surface area contributed by atoms with Gasteiger partial charge >= 0.3 is 5.97 Å². The average molecular weight is 235 g/mol. The number of carbonyl (C=O) groups is 2. The van der Waals surface area contributed by atoms with E-state index in [-0.39, 0.29) is 18.1 Å². The molecule has 0 heterocycles.